The average Bonchev–Trinajstić information content (AvgIpc) is 3.23. The number of carbonyl (C=O) groups is 1. The van der Waals surface area contributed by atoms with Crippen molar-refractivity contribution in [3.63, 3.8) is 0 Å². The summed E-state index contributed by atoms with van der Waals surface area (Å²) >= 11 is 7.43. The van der Waals surface area contributed by atoms with E-state index in [2.05, 4.69) is 28.4 Å². The van der Waals surface area contributed by atoms with Gasteiger partial charge < -0.3 is 15.0 Å². The van der Waals surface area contributed by atoms with E-state index >= 15 is 0 Å². The summed E-state index contributed by atoms with van der Waals surface area (Å²) in [6.45, 7) is 3.10. The molecule has 4 rings (SSSR count). The van der Waals surface area contributed by atoms with E-state index in [0.29, 0.717) is 17.3 Å². The van der Waals surface area contributed by atoms with E-state index in [1.165, 1.54) is 35.3 Å². The fourth-order valence-electron chi connectivity index (χ4n) is 4.14. The number of thiophene rings is 1. The molecular formula is C22H26N2O2S2. The van der Waals surface area contributed by atoms with Crippen molar-refractivity contribution < 1.29 is 9.53 Å². The van der Waals surface area contributed by atoms with Gasteiger partial charge in [0, 0.05) is 17.1 Å². The largest absolute Gasteiger partial charge is 0.462 e. The van der Waals surface area contributed by atoms with Crippen LogP contribution in [0.2, 0.25) is 0 Å². The van der Waals surface area contributed by atoms with Crippen molar-refractivity contribution in [2.45, 2.75) is 51.9 Å². The molecule has 0 amide bonds. The smallest absolute Gasteiger partial charge is 0.341 e. The number of nitrogens with one attached hydrogen (secondary N) is 1. The van der Waals surface area contributed by atoms with Crippen molar-refractivity contribution in [2.75, 3.05) is 23.4 Å². The Morgan fingerprint density at radius 1 is 1.18 bits per heavy atom. The normalized spacial score (nSPS) is 16.0. The van der Waals surface area contributed by atoms with Gasteiger partial charge in [0.2, 0.25) is 0 Å². The van der Waals surface area contributed by atoms with Gasteiger partial charge in [-0.2, -0.15) is 0 Å². The highest BCUT2D eigenvalue weighted by Gasteiger charge is 2.28. The molecule has 0 fully saturated rings. The highest BCUT2D eigenvalue weighted by atomic mass is 32.1. The second-order valence-electron chi connectivity index (χ2n) is 7.30. The minimum Gasteiger partial charge on any atom is -0.462 e. The number of ether oxygens (including phenoxy) is 1. The fourth-order valence-corrected chi connectivity index (χ4v) is 5.77. The van der Waals surface area contributed by atoms with E-state index in [1.54, 1.807) is 11.3 Å². The lowest BCUT2D eigenvalue weighted by Gasteiger charge is -2.21. The Labute approximate surface area is 175 Å². The summed E-state index contributed by atoms with van der Waals surface area (Å²) in [7, 11) is 0. The van der Waals surface area contributed by atoms with Crippen LogP contribution in [0.5, 0.6) is 0 Å². The van der Waals surface area contributed by atoms with Crippen molar-refractivity contribution in [1.29, 1.82) is 0 Å². The zero-order valence-electron chi connectivity index (χ0n) is 16.3. The van der Waals surface area contributed by atoms with Crippen LogP contribution in [0.25, 0.3) is 0 Å². The van der Waals surface area contributed by atoms with Crippen LogP contribution in [0.15, 0.2) is 24.3 Å². The first-order valence-corrected chi connectivity index (χ1v) is 11.4. The number of rotatable bonds is 3. The number of thiocarbonyl (C=S) groups is 1. The van der Waals surface area contributed by atoms with E-state index in [-0.39, 0.29) is 5.97 Å². The molecule has 0 bridgehead atoms. The Kier molecular flexibility index (Phi) is 5.97. The van der Waals surface area contributed by atoms with Crippen molar-refractivity contribution in [1.82, 2.24) is 0 Å². The van der Waals surface area contributed by atoms with Gasteiger partial charge in [-0.1, -0.05) is 31.0 Å². The molecule has 6 heteroatoms. The van der Waals surface area contributed by atoms with Crippen molar-refractivity contribution in [2.24, 2.45) is 0 Å². The van der Waals surface area contributed by atoms with Gasteiger partial charge in [-0.05, 0) is 68.4 Å². The number of benzene rings is 1. The van der Waals surface area contributed by atoms with Crippen molar-refractivity contribution in [3.8, 4) is 0 Å². The van der Waals surface area contributed by atoms with Gasteiger partial charge in [0.1, 0.15) is 5.00 Å². The summed E-state index contributed by atoms with van der Waals surface area (Å²) in [5.41, 5.74) is 4.36. The molecule has 1 aromatic carbocycles. The monoisotopic (exact) mass is 414 g/mol. The molecule has 1 aliphatic carbocycles. The maximum Gasteiger partial charge on any atom is 0.341 e. The molecule has 1 N–H and O–H groups in total. The molecule has 2 aliphatic rings. The summed E-state index contributed by atoms with van der Waals surface area (Å²) in [5, 5.41) is 4.91. The molecule has 0 radical (unpaired) electrons. The molecule has 0 unspecified atom stereocenters. The maximum atomic E-state index is 12.8. The minimum atomic E-state index is -0.229. The standard InChI is InChI=1S/C22H26N2O2S2/c1-2-26-21(25)19-16-10-5-3-4-6-12-18(16)28-20(19)23-22(27)24-14-13-15-9-7-8-11-17(15)24/h7-9,11H,2-6,10,12-14H2,1H3,(H,23,27). The number of para-hydroxylation sites is 1. The van der Waals surface area contributed by atoms with Crippen LogP contribution in [-0.4, -0.2) is 24.2 Å². The number of aryl methyl sites for hydroxylation is 1. The second-order valence-corrected chi connectivity index (χ2v) is 8.79. The molecule has 2 aromatic rings. The lowest BCUT2D eigenvalue weighted by Crippen LogP contribution is -2.33. The number of fused-ring (bicyclic) bond motifs is 2. The Balaban J connectivity index is 1.64. The molecule has 2 heterocycles. The van der Waals surface area contributed by atoms with Crippen LogP contribution in [0.3, 0.4) is 0 Å². The van der Waals surface area contributed by atoms with Crippen LogP contribution in [0.1, 0.15) is 59.0 Å². The Hall–Kier alpha value is -1.92. The van der Waals surface area contributed by atoms with E-state index in [1.807, 2.05) is 13.0 Å². The number of anilines is 2. The van der Waals surface area contributed by atoms with E-state index in [0.717, 1.165) is 42.9 Å². The third-order valence-electron chi connectivity index (χ3n) is 5.50. The van der Waals surface area contributed by atoms with Gasteiger partial charge in [0.25, 0.3) is 0 Å². The molecule has 1 aliphatic heterocycles. The summed E-state index contributed by atoms with van der Waals surface area (Å²) < 4.78 is 5.40. The number of carbonyl (C=O) groups excluding carboxylic acids is 1. The van der Waals surface area contributed by atoms with Crippen LogP contribution >= 0.6 is 23.6 Å². The van der Waals surface area contributed by atoms with Gasteiger partial charge in [0.05, 0.1) is 12.2 Å². The van der Waals surface area contributed by atoms with Crippen LogP contribution in [-0.2, 0) is 24.0 Å². The first kappa shape index (κ1) is 19.4. The SMILES string of the molecule is CCOC(=O)c1c(NC(=S)N2CCc3ccccc32)sc2c1CCCCCC2. The second kappa shape index (κ2) is 8.62. The molecule has 28 heavy (non-hydrogen) atoms. The van der Waals surface area contributed by atoms with E-state index in [4.69, 9.17) is 17.0 Å². The molecule has 0 saturated heterocycles. The highest BCUT2D eigenvalue weighted by Crippen LogP contribution is 2.38. The fraction of sp³-hybridized carbons (Fsp3) is 0.455. The lowest BCUT2D eigenvalue weighted by molar-refractivity contribution is 0.0526. The summed E-state index contributed by atoms with van der Waals surface area (Å²) in [5.74, 6) is -0.229. The first-order valence-electron chi connectivity index (χ1n) is 10.2. The van der Waals surface area contributed by atoms with E-state index < -0.39 is 0 Å². The number of esters is 1. The Bertz CT molecular complexity index is 891. The Morgan fingerprint density at radius 2 is 1.96 bits per heavy atom. The summed E-state index contributed by atoms with van der Waals surface area (Å²) in [6.07, 6.45) is 7.76. The predicted molar refractivity (Wildman–Crippen MR) is 120 cm³/mol. The maximum absolute atomic E-state index is 12.8. The topological polar surface area (TPSA) is 41.6 Å². The molecule has 4 nitrogen and oxygen atoms in total. The Morgan fingerprint density at radius 3 is 2.79 bits per heavy atom. The highest BCUT2D eigenvalue weighted by molar-refractivity contribution is 7.80. The third kappa shape index (κ3) is 3.80. The van der Waals surface area contributed by atoms with Crippen LogP contribution < -0.4 is 10.2 Å². The zero-order valence-corrected chi connectivity index (χ0v) is 17.9. The molecular weight excluding hydrogens is 388 g/mol. The van der Waals surface area contributed by atoms with Gasteiger partial charge in [-0.15, -0.1) is 11.3 Å². The minimum absolute atomic E-state index is 0.229. The number of hydrogen-bond acceptors (Lipinski definition) is 4. The summed E-state index contributed by atoms with van der Waals surface area (Å²) in [4.78, 5) is 16.2. The number of hydrogen-bond donors (Lipinski definition) is 1. The molecule has 0 spiro atoms. The van der Waals surface area contributed by atoms with Crippen molar-refractivity contribution >= 4 is 45.3 Å². The predicted octanol–water partition coefficient (Wildman–Crippen LogP) is 5.34. The van der Waals surface area contributed by atoms with Gasteiger partial charge in [-0.3, -0.25) is 0 Å². The lowest BCUT2D eigenvalue weighted by atomic mass is 9.96. The van der Waals surface area contributed by atoms with Crippen molar-refractivity contribution in [3.05, 3.63) is 45.8 Å². The molecule has 148 valence electrons. The zero-order chi connectivity index (χ0) is 19.5. The first-order chi connectivity index (χ1) is 13.7. The number of nitrogens with zero attached hydrogens (tertiary/aromatic N) is 1. The molecule has 0 atom stereocenters. The van der Waals surface area contributed by atoms with Gasteiger partial charge in [-0.25, -0.2) is 4.79 Å². The van der Waals surface area contributed by atoms with Gasteiger partial charge >= 0.3 is 5.97 Å². The van der Waals surface area contributed by atoms with Crippen LogP contribution in [0.4, 0.5) is 10.7 Å². The average molecular weight is 415 g/mol. The van der Waals surface area contributed by atoms with Crippen LogP contribution in [0, 0.1) is 0 Å². The van der Waals surface area contributed by atoms with E-state index in [9.17, 15) is 4.79 Å². The molecule has 1 aromatic heterocycles. The van der Waals surface area contributed by atoms with Gasteiger partial charge in [0.15, 0.2) is 5.11 Å². The molecule has 0 saturated carbocycles. The quantitative estimate of drug-likeness (QED) is 0.542. The summed E-state index contributed by atoms with van der Waals surface area (Å²) in [6, 6.07) is 8.37. The third-order valence-corrected chi connectivity index (χ3v) is 7.03.